The minimum atomic E-state index is 0.00500. The van der Waals surface area contributed by atoms with Crippen LogP contribution in [0.15, 0.2) is 84.0 Å². The number of anilines is 1. The summed E-state index contributed by atoms with van der Waals surface area (Å²) in [6.07, 6.45) is 7.60. The van der Waals surface area contributed by atoms with Gasteiger partial charge in [0.1, 0.15) is 11.4 Å². The predicted octanol–water partition coefficient (Wildman–Crippen LogP) is 6.24. The van der Waals surface area contributed by atoms with Crippen LogP contribution < -0.4 is 9.46 Å². The monoisotopic (exact) mass is 498 g/mol. The van der Waals surface area contributed by atoms with E-state index in [0.717, 1.165) is 66.0 Å². The number of ether oxygens (including phenoxy) is 1. The Morgan fingerprint density at radius 3 is 2.78 bits per heavy atom. The van der Waals surface area contributed by atoms with Crippen molar-refractivity contribution in [1.82, 2.24) is 14.9 Å². The maximum atomic E-state index is 13.2. The fraction of sp³-hybridized carbons (Fsp3) is 0.276. The third kappa shape index (κ3) is 5.62. The minimum Gasteiger partial charge on any atom is -0.496 e. The van der Waals surface area contributed by atoms with Gasteiger partial charge >= 0.3 is 0 Å². The summed E-state index contributed by atoms with van der Waals surface area (Å²) in [5.74, 6) is 1.49. The molecule has 0 radical (unpaired) electrons. The minimum absolute atomic E-state index is 0.00500. The quantitative estimate of drug-likeness (QED) is 0.304. The molecule has 1 unspecified atom stereocenters. The number of nitrogens with zero attached hydrogens (tertiary/aromatic N) is 3. The fourth-order valence-electron chi connectivity index (χ4n) is 4.77. The highest BCUT2D eigenvalue weighted by Gasteiger charge is 2.23. The topological polar surface area (TPSA) is 67.3 Å². The van der Waals surface area contributed by atoms with Gasteiger partial charge in [-0.15, -0.1) is 0 Å². The van der Waals surface area contributed by atoms with Crippen molar-refractivity contribution < 1.29 is 9.53 Å². The van der Waals surface area contributed by atoms with E-state index in [4.69, 9.17) is 4.74 Å². The number of likely N-dealkylation sites (tertiary alicyclic amines) is 1. The van der Waals surface area contributed by atoms with Crippen molar-refractivity contribution in [2.24, 2.45) is 5.92 Å². The Kier molecular flexibility index (Phi) is 7.67. The van der Waals surface area contributed by atoms with Gasteiger partial charge in [-0.3, -0.25) is 9.78 Å². The highest BCUT2D eigenvalue weighted by molar-refractivity contribution is 8.00. The molecule has 1 N–H and O–H groups in total. The predicted molar refractivity (Wildman–Crippen MR) is 145 cm³/mol. The second kappa shape index (κ2) is 11.4. The zero-order chi connectivity index (χ0) is 24.7. The highest BCUT2D eigenvalue weighted by atomic mass is 32.2. The Balaban J connectivity index is 1.17. The maximum Gasteiger partial charge on any atom is 0.272 e. The van der Waals surface area contributed by atoms with E-state index in [1.807, 2.05) is 47.4 Å². The summed E-state index contributed by atoms with van der Waals surface area (Å²) in [5, 5.41) is 1.10. The van der Waals surface area contributed by atoms with E-state index in [0.29, 0.717) is 11.6 Å². The molecule has 0 spiro atoms. The number of pyridine rings is 2. The zero-order valence-corrected chi connectivity index (χ0v) is 21.2. The maximum absolute atomic E-state index is 13.2. The number of benzene rings is 2. The van der Waals surface area contributed by atoms with Crippen LogP contribution in [0, 0.1) is 5.92 Å². The lowest BCUT2D eigenvalue weighted by Crippen LogP contribution is -2.32. The van der Waals surface area contributed by atoms with Gasteiger partial charge in [0.2, 0.25) is 0 Å². The van der Waals surface area contributed by atoms with Crippen LogP contribution in [0.5, 0.6) is 5.75 Å². The van der Waals surface area contributed by atoms with E-state index in [1.54, 1.807) is 19.5 Å². The lowest BCUT2D eigenvalue weighted by molar-refractivity contribution is 0.0754. The second-order valence-electron chi connectivity index (χ2n) is 9.07. The van der Waals surface area contributed by atoms with Gasteiger partial charge in [0.25, 0.3) is 5.91 Å². The summed E-state index contributed by atoms with van der Waals surface area (Å²) in [6.45, 7) is 1.52. The molecule has 1 atom stereocenters. The molecule has 1 aliphatic heterocycles. The van der Waals surface area contributed by atoms with Crippen molar-refractivity contribution in [1.29, 1.82) is 0 Å². The number of methoxy groups -OCH3 is 1. The summed E-state index contributed by atoms with van der Waals surface area (Å²) in [4.78, 5) is 25.1. The molecule has 1 aliphatic rings. The van der Waals surface area contributed by atoms with Crippen LogP contribution in [0.25, 0.3) is 10.9 Å². The molecule has 36 heavy (non-hydrogen) atoms. The first kappa shape index (κ1) is 24.1. The SMILES string of the molecule is COc1ccccc1CC1CCCN(C(=O)c2ccc(NSc3cccc4cccnc34)cn2)CC1. The number of hydrogen-bond donors (Lipinski definition) is 1. The van der Waals surface area contributed by atoms with Gasteiger partial charge in [0.15, 0.2) is 0 Å². The molecule has 2 aromatic carbocycles. The van der Waals surface area contributed by atoms with Gasteiger partial charge in [-0.25, -0.2) is 4.98 Å². The van der Waals surface area contributed by atoms with Crippen molar-refractivity contribution in [3.63, 3.8) is 0 Å². The third-order valence-corrected chi connectivity index (χ3v) is 7.58. The summed E-state index contributed by atoms with van der Waals surface area (Å²) in [5.41, 5.74) is 3.53. The molecule has 4 aromatic rings. The Morgan fingerprint density at radius 1 is 1.03 bits per heavy atom. The fourth-order valence-corrected chi connectivity index (χ4v) is 5.53. The van der Waals surface area contributed by atoms with Crippen molar-refractivity contribution in [3.8, 4) is 5.75 Å². The number of nitrogens with one attached hydrogen (secondary N) is 1. The smallest absolute Gasteiger partial charge is 0.272 e. The largest absolute Gasteiger partial charge is 0.496 e. The second-order valence-corrected chi connectivity index (χ2v) is 9.92. The number of fused-ring (bicyclic) bond motifs is 1. The number of rotatable bonds is 7. The number of amides is 1. The molecular formula is C29H30N4O2S. The molecule has 0 bridgehead atoms. The molecule has 1 saturated heterocycles. The summed E-state index contributed by atoms with van der Waals surface area (Å²) >= 11 is 1.49. The molecule has 0 saturated carbocycles. The van der Waals surface area contributed by atoms with Crippen LogP contribution in [0.4, 0.5) is 5.69 Å². The van der Waals surface area contributed by atoms with Crippen LogP contribution in [0.1, 0.15) is 35.3 Å². The number of aromatic nitrogens is 2. The lowest BCUT2D eigenvalue weighted by Gasteiger charge is -2.20. The molecule has 7 heteroatoms. The van der Waals surface area contributed by atoms with Gasteiger partial charge in [0.05, 0.1) is 29.4 Å². The Morgan fingerprint density at radius 2 is 1.92 bits per heavy atom. The Bertz CT molecular complexity index is 1320. The van der Waals surface area contributed by atoms with Gasteiger partial charge in [0, 0.05) is 24.7 Å². The zero-order valence-electron chi connectivity index (χ0n) is 20.4. The van der Waals surface area contributed by atoms with Crippen molar-refractivity contribution in [3.05, 3.63) is 90.4 Å². The van der Waals surface area contributed by atoms with Crippen LogP contribution in [-0.4, -0.2) is 41.0 Å². The molecular weight excluding hydrogens is 468 g/mol. The lowest BCUT2D eigenvalue weighted by atomic mass is 9.92. The number of hydrogen-bond acceptors (Lipinski definition) is 6. The molecule has 184 valence electrons. The van der Waals surface area contributed by atoms with Crippen molar-refractivity contribution >= 4 is 34.4 Å². The van der Waals surface area contributed by atoms with E-state index >= 15 is 0 Å². The Labute approximate surface area is 216 Å². The molecule has 6 nitrogen and oxygen atoms in total. The standard InChI is InChI=1S/C29H30N4O2S/c1-35-26-11-3-2-8-23(26)19-21-7-6-17-33(18-15-21)29(34)25-14-13-24(20-31-25)32-36-27-12-4-9-22-10-5-16-30-28(22)27/h2-5,8-14,16,20-21,32H,6-7,15,17-19H2,1H3. The summed E-state index contributed by atoms with van der Waals surface area (Å²) in [7, 11) is 1.72. The molecule has 3 heterocycles. The molecule has 5 rings (SSSR count). The van der Waals surface area contributed by atoms with Gasteiger partial charge in [-0.05, 0) is 79.4 Å². The van der Waals surface area contributed by atoms with Crippen molar-refractivity contribution in [2.75, 3.05) is 24.9 Å². The summed E-state index contributed by atoms with van der Waals surface area (Å²) in [6, 6.07) is 22.1. The summed E-state index contributed by atoms with van der Waals surface area (Å²) < 4.78 is 8.85. The van der Waals surface area contributed by atoms with E-state index in [1.165, 1.54) is 17.5 Å². The van der Waals surface area contributed by atoms with E-state index in [9.17, 15) is 4.79 Å². The van der Waals surface area contributed by atoms with E-state index < -0.39 is 0 Å². The van der Waals surface area contributed by atoms with Crippen LogP contribution in [0.3, 0.4) is 0 Å². The third-order valence-electron chi connectivity index (χ3n) is 6.69. The Hall–Kier alpha value is -3.58. The molecule has 0 aliphatic carbocycles. The van der Waals surface area contributed by atoms with Gasteiger partial charge in [-0.2, -0.15) is 0 Å². The van der Waals surface area contributed by atoms with E-state index in [2.05, 4.69) is 39.0 Å². The van der Waals surface area contributed by atoms with Gasteiger partial charge < -0.3 is 14.4 Å². The first-order valence-corrected chi connectivity index (χ1v) is 13.2. The van der Waals surface area contributed by atoms with E-state index in [-0.39, 0.29) is 5.91 Å². The molecule has 1 fully saturated rings. The number of carbonyl (C=O) groups excluding carboxylic acids is 1. The van der Waals surface area contributed by atoms with Crippen molar-refractivity contribution in [2.45, 2.75) is 30.6 Å². The normalized spacial score (nSPS) is 15.9. The highest BCUT2D eigenvalue weighted by Crippen LogP contribution is 2.29. The average Bonchev–Trinajstić information content (AvgIpc) is 3.17. The van der Waals surface area contributed by atoms with Crippen LogP contribution in [0.2, 0.25) is 0 Å². The first-order valence-electron chi connectivity index (χ1n) is 12.3. The first-order chi connectivity index (χ1) is 17.7. The molecule has 1 amide bonds. The number of carbonyl (C=O) groups is 1. The van der Waals surface area contributed by atoms with Crippen LogP contribution in [-0.2, 0) is 6.42 Å². The average molecular weight is 499 g/mol. The van der Waals surface area contributed by atoms with Crippen LogP contribution >= 0.6 is 11.9 Å². The molecule has 2 aromatic heterocycles. The van der Waals surface area contributed by atoms with Gasteiger partial charge in [-0.1, -0.05) is 36.4 Å². The number of para-hydroxylation sites is 2.